The molecule has 0 unspecified atom stereocenters. The molecule has 0 spiro atoms. The average Bonchev–Trinajstić information content (AvgIpc) is 2.68. The van der Waals surface area contributed by atoms with Gasteiger partial charge in [0.25, 0.3) is 11.6 Å². The summed E-state index contributed by atoms with van der Waals surface area (Å²) < 4.78 is 7.48. The molecule has 1 N–H and O–H groups in total. The molecule has 0 radical (unpaired) electrons. The first-order valence-corrected chi connectivity index (χ1v) is 4.84. The lowest BCUT2D eigenvalue weighted by Gasteiger charge is -2.00. The number of nitrogens with one attached hydrogen (secondary N) is 1. The van der Waals surface area contributed by atoms with Crippen LogP contribution in [-0.4, -0.2) is 25.7 Å². The Labute approximate surface area is 90.3 Å². The van der Waals surface area contributed by atoms with Crippen LogP contribution in [0.2, 0.25) is 0 Å². The molecule has 2 aromatic rings. The van der Waals surface area contributed by atoms with Crippen molar-refractivity contribution in [3.05, 3.63) is 20.8 Å². The van der Waals surface area contributed by atoms with E-state index in [4.69, 9.17) is 4.74 Å². The van der Waals surface area contributed by atoms with Gasteiger partial charge in [-0.25, -0.2) is 4.79 Å². The van der Waals surface area contributed by atoms with Crippen molar-refractivity contribution in [2.75, 3.05) is 6.61 Å². The molecular formula is C9H12N4O3. The zero-order valence-electron chi connectivity index (χ0n) is 9.27. The molecule has 0 aromatic carbocycles. The molecule has 0 amide bonds. The largest absolute Gasteiger partial charge is 0.465 e. The Morgan fingerprint density at radius 1 is 1.31 bits per heavy atom. The van der Waals surface area contributed by atoms with Crippen molar-refractivity contribution in [1.82, 2.24) is 19.1 Å². The fourth-order valence-corrected chi connectivity index (χ4v) is 1.51. The normalized spacial score (nSPS) is 10.9. The van der Waals surface area contributed by atoms with Crippen molar-refractivity contribution in [3.8, 4) is 6.01 Å². The van der Waals surface area contributed by atoms with E-state index in [1.807, 2.05) is 6.92 Å². The summed E-state index contributed by atoms with van der Waals surface area (Å²) in [7, 11) is 2.98. The molecule has 0 aliphatic carbocycles. The molecule has 2 heterocycles. The van der Waals surface area contributed by atoms with Crippen molar-refractivity contribution in [1.29, 1.82) is 0 Å². The predicted molar refractivity (Wildman–Crippen MR) is 57.7 cm³/mol. The van der Waals surface area contributed by atoms with Gasteiger partial charge in [0.15, 0.2) is 11.2 Å². The van der Waals surface area contributed by atoms with Crippen LogP contribution in [-0.2, 0) is 14.1 Å². The highest BCUT2D eigenvalue weighted by Gasteiger charge is 2.13. The summed E-state index contributed by atoms with van der Waals surface area (Å²) in [6.07, 6.45) is 0. The van der Waals surface area contributed by atoms with Gasteiger partial charge in [-0.2, -0.15) is 4.98 Å². The second-order valence-corrected chi connectivity index (χ2v) is 3.38. The van der Waals surface area contributed by atoms with Gasteiger partial charge in [0.1, 0.15) is 0 Å². The Bertz CT molecular complexity index is 649. The van der Waals surface area contributed by atoms with Crippen LogP contribution >= 0.6 is 0 Å². The minimum Gasteiger partial charge on any atom is -0.465 e. The highest BCUT2D eigenvalue weighted by molar-refractivity contribution is 5.70. The van der Waals surface area contributed by atoms with Crippen LogP contribution < -0.4 is 16.0 Å². The number of H-pyrrole nitrogens is 1. The Morgan fingerprint density at radius 3 is 2.62 bits per heavy atom. The maximum Gasteiger partial charge on any atom is 0.332 e. The number of ether oxygens (including phenoxy) is 1. The van der Waals surface area contributed by atoms with Crippen molar-refractivity contribution in [3.63, 3.8) is 0 Å². The van der Waals surface area contributed by atoms with Gasteiger partial charge in [0.2, 0.25) is 0 Å². The topological polar surface area (TPSA) is 81.9 Å². The minimum absolute atomic E-state index is 0.246. The molecule has 7 nitrogen and oxygen atoms in total. The maximum atomic E-state index is 11.7. The molecule has 0 aliphatic heterocycles. The lowest BCUT2D eigenvalue weighted by Crippen LogP contribution is -2.36. The van der Waals surface area contributed by atoms with Gasteiger partial charge in [0, 0.05) is 14.1 Å². The molecule has 0 fully saturated rings. The summed E-state index contributed by atoms with van der Waals surface area (Å²) in [5.74, 6) is 0. The number of aryl methyl sites for hydroxylation is 1. The second kappa shape index (κ2) is 3.51. The van der Waals surface area contributed by atoms with E-state index in [1.54, 1.807) is 7.05 Å². The fourth-order valence-electron chi connectivity index (χ4n) is 1.51. The third-order valence-electron chi connectivity index (χ3n) is 2.35. The molecule has 2 rings (SSSR count). The number of aromatic amines is 1. The number of rotatable bonds is 2. The Hall–Kier alpha value is -2.05. The van der Waals surface area contributed by atoms with E-state index in [1.165, 1.54) is 11.6 Å². The van der Waals surface area contributed by atoms with E-state index >= 15 is 0 Å². The number of aromatic nitrogens is 4. The molecule has 86 valence electrons. The lowest BCUT2D eigenvalue weighted by atomic mass is 10.5. The van der Waals surface area contributed by atoms with Gasteiger partial charge in [-0.3, -0.25) is 13.9 Å². The van der Waals surface area contributed by atoms with Gasteiger partial charge in [-0.1, -0.05) is 0 Å². The van der Waals surface area contributed by atoms with Crippen LogP contribution in [0.15, 0.2) is 9.59 Å². The van der Waals surface area contributed by atoms with E-state index < -0.39 is 11.2 Å². The zero-order valence-corrected chi connectivity index (χ0v) is 9.27. The first-order valence-electron chi connectivity index (χ1n) is 4.84. The van der Waals surface area contributed by atoms with Crippen LogP contribution in [0, 0.1) is 0 Å². The smallest absolute Gasteiger partial charge is 0.332 e. The molecule has 0 aliphatic rings. The predicted octanol–water partition coefficient (Wildman–Crippen LogP) is -0.641. The standard InChI is InChI=1S/C9H12N4O3/c1-4-16-8-10-5-6(11-8)12(2)9(15)13(3)7(5)14/h4H2,1-3H3,(H,10,11). The summed E-state index contributed by atoms with van der Waals surface area (Å²) >= 11 is 0. The summed E-state index contributed by atoms with van der Waals surface area (Å²) in [4.78, 5) is 30.1. The number of nitrogens with zero attached hydrogens (tertiary/aromatic N) is 3. The van der Waals surface area contributed by atoms with Crippen LogP contribution in [0.3, 0.4) is 0 Å². The first-order chi connectivity index (χ1) is 7.56. The Balaban J connectivity index is 2.87. The number of hydrogen-bond donors (Lipinski definition) is 1. The summed E-state index contributed by atoms with van der Waals surface area (Å²) in [5, 5.41) is 0. The zero-order chi connectivity index (χ0) is 11.9. The number of hydrogen-bond acceptors (Lipinski definition) is 4. The second-order valence-electron chi connectivity index (χ2n) is 3.38. The maximum absolute atomic E-state index is 11.7. The number of imidazole rings is 1. The van der Waals surface area contributed by atoms with Gasteiger partial charge < -0.3 is 9.72 Å². The van der Waals surface area contributed by atoms with E-state index in [2.05, 4.69) is 9.97 Å². The molecule has 0 saturated heterocycles. The van der Waals surface area contributed by atoms with Gasteiger partial charge in [-0.15, -0.1) is 0 Å². The highest BCUT2D eigenvalue weighted by atomic mass is 16.5. The van der Waals surface area contributed by atoms with E-state index in [0.29, 0.717) is 12.3 Å². The molecule has 2 aromatic heterocycles. The summed E-state index contributed by atoms with van der Waals surface area (Å²) in [6, 6.07) is 0.246. The molecule has 0 atom stereocenters. The first kappa shape index (κ1) is 10.5. The molecular weight excluding hydrogens is 212 g/mol. The fraction of sp³-hybridized carbons (Fsp3) is 0.444. The quantitative estimate of drug-likeness (QED) is 0.735. The van der Waals surface area contributed by atoms with E-state index in [0.717, 1.165) is 4.57 Å². The van der Waals surface area contributed by atoms with Crippen LogP contribution in [0.4, 0.5) is 0 Å². The Kier molecular flexibility index (Phi) is 2.30. The highest BCUT2D eigenvalue weighted by Crippen LogP contribution is 2.09. The third kappa shape index (κ3) is 1.32. The lowest BCUT2D eigenvalue weighted by molar-refractivity contribution is 0.317. The van der Waals surface area contributed by atoms with E-state index in [-0.39, 0.29) is 11.5 Å². The Morgan fingerprint density at radius 2 is 2.00 bits per heavy atom. The summed E-state index contributed by atoms with van der Waals surface area (Å²) in [5.41, 5.74) is -0.242. The van der Waals surface area contributed by atoms with Crippen LogP contribution in [0.25, 0.3) is 11.2 Å². The molecule has 0 bridgehead atoms. The minimum atomic E-state index is -0.410. The van der Waals surface area contributed by atoms with Crippen LogP contribution in [0.1, 0.15) is 6.92 Å². The van der Waals surface area contributed by atoms with Gasteiger partial charge >= 0.3 is 5.69 Å². The van der Waals surface area contributed by atoms with Gasteiger partial charge in [0.05, 0.1) is 6.61 Å². The van der Waals surface area contributed by atoms with E-state index in [9.17, 15) is 9.59 Å². The van der Waals surface area contributed by atoms with Crippen molar-refractivity contribution >= 4 is 11.2 Å². The van der Waals surface area contributed by atoms with Crippen LogP contribution in [0.5, 0.6) is 6.01 Å². The van der Waals surface area contributed by atoms with Crippen molar-refractivity contribution < 1.29 is 4.74 Å². The average molecular weight is 224 g/mol. The van der Waals surface area contributed by atoms with Crippen molar-refractivity contribution in [2.45, 2.75) is 6.92 Å². The monoisotopic (exact) mass is 224 g/mol. The van der Waals surface area contributed by atoms with Crippen molar-refractivity contribution in [2.24, 2.45) is 14.1 Å². The third-order valence-corrected chi connectivity index (χ3v) is 2.35. The van der Waals surface area contributed by atoms with Gasteiger partial charge in [-0.05, 0) is 6.92 Å². The number of fused-ring (bicyclic) bond motifs is 1. The molecule has 7 heteroatoms. The molecule has 16 heavy (non-hydrogen) atoms. The summed E-state index contributed by atoms with van der Waals surface area (Å²) in [6.45, 7) is 2.25. The SMILES string of the molecule is CCOc1nc2c([nH]1)c(=O)n(C)c(=O)n2C. The molecule has 0 saturated carbocycles.